The third kappa shape index (κ3) is 5.48. The maximum atomic E-state index is 12.7. The van der Waals surface area contributed by atoms with Gasteiger partial charge in [-0.3, -0.25) is 9.69 Å². The van der Waals surface area contributed by atoms with E-state index >= 15 is 0 Å². The summed E-state index contributed by atoms with van der Waals surface area (Å²) >= 11 is 0. The van der Waals surface area contributed by atoms with Gasteiger partial charge >= 0.3 is 0 Å². The lowest BCUT2D eigenvalue weighted by Crippen LogP contribution is -2.57. The molecule has 2 fully saturated rings. The number of rotatable bonds is 5. The zero-order valence-corrected chi connectivity index (χ0v) is 17.6. The molecule has 0 aliphatic carbocycles. The first kappa shape index (κ1) is 21.1. The summed E-state index contributed by atoms with van der Waals surface area (Å²) in [7, 11) is 0. The van der Waals surface area contributed by atoms with Gasteiger partial charge in [-0.1, -0.05) is 12.1 Å². The van der Waals surface area contributed by atoms with Crippen molar-refractivity contribution in [1.82, 2.24) is 20.0 Å². The van der Waals surface area contributed by atoms with E-state index in [1.807, 2.05) is 36.1 Å². The van der Waals surface area contributed by atoms with Gasteiger partial charge < -0.3 is 15.1 Å². The van der Waals surface area contributed by atoms with E-state index in [9.17, 15) is 4.79 Å². The molecule has 29 heavy (non-hydrogen) atoms. The molecule has 1 aromatic rings. The molecular formula is C22H32N6O. The Morgan fingerprint density at radius 3 is 2.34 bits per heavy atom. The first-order valence-electron chi connectivity index (χ1n) is 10.7. The molecule has 0 bridgehead atoms. The number of guanidine groups is 1. The van der Waals surface area contributed by atoms with E-state index in [4.69, 9.17) is 10.3 Å². The summed E-state index contributed by atoms with van der Waals surface area (Å²) in [6.07, 6.45) is 2.27. The number of nitriles is 1. The predicted octanol–water partition coefficient (Wildman–Crippen LogP) is 1.65. The van der Waals surface area contributed by atoms with E-state index in [-0.39, 0.29) is 11.9 Å². The number of hydrogen-bond acceptors (Lipinski definition) is 4. The Labute approximate surface area is 174 Å². The van der Waals surface area contributed by atoms with Gasteiger partial charge in [0.1, 0.15) is 0 Å². The highest BCUT2D eigenvalue weighted by atomic mass is 16.2. The maximum absolute atomic E-state index is 12.7. The van der Waals surface area contributed by atoms with Crippen LogP contribution in [0.5, 0.6) is 0 Å². The number of piperazine rings is 1. The van der Waals surface area contributed by atoms with Gasteiger partial charge in [-0.25, -0.2) is 4.99 Å². The summed E-state index contributed by atoms with van der Waals surface area (Å²) in [4.78, 5) is 24.0. The number of carbonyl (C=O) groups is 1. The fourth-order valence-electron chi connectivity index (χ4n) is 3.96. The lowest BCUT2D eigenvalue weighted by atomic mass is 10.1. The number of carbonyl (C=O) groups excluding carboxylic acids is 1. The number of amides is 1. The Morgan fingerprint density at radius 1 is 1.10 bits per heavy atom. The molecule has 156 valence electrons. The minimum absolute atomic E-state index is 0.0478. The van der Waals surface area contributed by atoms with Crippen LogP contribution in [0.15, 0.2) is 29.3 Å². The van der Waals surface area contributed by atoms with Crippen molar-refractivity contribution in [3.63, 3.8) is 0 Å². The number of nitrogens with one attached hydrogen (secondary N) is 1. The van der Waals surface area contributed by atoms with Crippen LogP contribution >= 0.6 is 0 Å². The summed E-state index contributed by atoms with van der Waals surface area (Å²) in [5.74, 6) is 1.19. The van der Waals surface area contributed by atoms with Crippen LogP contribution in [0.25, 0.3) is 0 Å². The first-order valence-corrected chi connectivity index (χ1v) is 10.7. The standard InChI is InChI=1S/C22H32N6O/c1-3-24-22(25-17-20-8-6-19(16-23)7-9-20)28-14-12-26(13-15-28)18(2)21(29)27-10-4-5-11-27/h6-9,18H,3-5,10-15,17H2,1-2H3,(H,24,25). The summed E-state index contributed by atoms with van der Waals surface area (Å²) in [6, 6.07) is 9.66. The van der Waals surface area contributed by atoms with Crippen LogP contribution in [-0.4, -0.2) is 78.4 Å². The largest absolute Gasteiger partial charge is 0.357 e. The van der Waals surface area contributed by atoms with Crippen molar-refractivity contribution in [2.45, 2.75) is 39.3 Å². The van der Waals surface area contributed by atoms with Crippen LogP contribution in [0.4, 0.5) is 0 Å². The Kier molecular flexibility index (Phi) is 7.48. The number of benzene rings is 1. The molecule has 0 saturated carbocycles. The molecule has 7 nitrogen and oxygen atoms in total. The molecule has 2 aliphatic rings. The zero-order valence-electron chi connectivity index (χ0n) is 17.6. The van der Waals surface area contributed by atoms with E-state index in [0.29, 0.717) is 12.1 Å². The topological polar surface area (TPSA) is 75.0 Å². The average molecular weight is 397 g/mol. The molecule has 2 heterocycles. The van der Waals surface area contributed by atoms with Crippen molar-refractivity contribution < 1.29 is 4.79 Å². The third-order valence-electron chi connectivity index (χ3n) is 5.77. The molecular weight excluding hydrogens is 364 g/mol. The van der Waals surface area contributed by atoms with Gasteiger partial charge in [-0.05, 0) is 44.4 Å². The highest BCUT2D eigenvalue weighted by Crippen LogP contribution is 2.14. The van der Waals surface area contributed by atoms with Gasteiger partial charge in [0.25, 0.3) is 0 Å². The predicted molar refractivity (Wildman–Crippen MR) is 114 cm³/mol. The smallest absolute Gasteiger partial charge is 0.239 e. The fraction of sp³-hybridized carbons (Fsp3) is 0.591. The first-order chi connectivity index (χ1) is 14.1. The molecule has 1 atom stereocenters. The molecule has 7 heteroatoms. The van der Waals surface area contributed by atoms with Crippen molar-refractivity contribution in [3.05, 3.63) is 35.4 Å². The number of hydrogen-bond donors (Lipinski definition) is 1. The van der Waals surface area contributed by atoms with Gasteiger partial charge in [0, 0.05) is 45.8 Å². The van der Waals surface area contributed by atoms with Gasteiger partial charge in [0.05, 0.1) is 24.2 Å². The lowest BCUT2D eigenvalue weighted by molar-refractivity contribution is -0.135. The second kappa shape index (κ2) is 10.3. The molecule has 0 radical (unpaired) electrons. The molecule has 0 spiro atoms. The van der Waals surface area contributed by atoms with Crippen molar-refractivity contribution in [3.8, 4) is 6.07 Å². The van der Waals surface area contributed by atoms with Crippen LogP contribution in [0.3, 0.4) is 0 Å². The van der Waals surface area contributed by atoms with Crippen molar-refractivity contribution >= 4 is 11.9 Å². The van der Waals surface area contributed by atoms with Gasteiger partial charge in [0.2, 0.25) is 5.91 Å². The van der Waals surface area contributed by atoms with Gasteiger partial charge in [0.15, 0.2) is 5.96 Å². The van der Waals surface area contributed by atoms with Crippen molar-refractivity contribution in [1.29, 1.82) is 5.26 Å². The molecule has 0 aromatic heterocycles. The monoisotopic (exact) mass is 396 g/mol. The number of likely N-dealkylation sites (tertiary alicyclic amines) is 1. The van der Waals surface area contributed by atoms with Gasteiger partial charge in [-0.15, -0.1) is 0 Å². The number of aliphatic imine (C=N–C) groups is 1. The Hall–Kier alpha value is -2.59. The highest BCUT2D eigenvalue weighted by Gasteiger charge is 2.30. The van der Waals surface area contributed by atoms with Crippen molar-refractivity contribution in [2.24, 2.45) is 4.99 Å². The Bertz CT molecular complexity index is 740. The fourth-order valence-corrected chi connectivity index (χ4v) is 3.96. The van der Waals surface area contributed by atoms with Gasteiger partial charge in [-0.2, -0.15) is 5.26 Å². The van der Waals surface area contributed by atoms with Crippen LogP contribution in [0, 0.1) is 11.3 Å². The average Bonchev–Trinajstić information content (AvgIpc) is 3.31. The van der Waals surface area contributed by atoms with E-state index < -0.39 is 0 Å². The lowest BCUT2D eigenvalue weighted by Gasteiger charge is -2.39. The molecule has 1 aromatic carbocycles. The highest BCUT2D eigenvalue weighted by molar-refractivity contribution is 5.82. The molecule has 2 aliphatic heterocycles. The Balaban J connectivity index is 1.55. The minimum Gasteiger partial charge on any atom is -0.357 e. The second-order valence-corrected chi connectivity index (χ2v) is 7.71. The van der Waals surface area contributed by atoms with Crippen LogP contribution < -0.4 is 5.32 Å². The van der Waals surface area contributed by atoms with E-state index in [0.717, 1.165) is 70.2 Å². The zero-order chi connectivity index (χ0) is 20.6. The minimum atomic E-state index is -0.0478. The molecule has 1 N–H and O–H groups in total. The molecule has 3 rings (SSSR count). The summed E-state index contributed by atoms with van der Waals surface area (Å²) in [6.45, 7) is 10.8. The summed E-state index contributed by atoms with van der Waals surface area (Å²) in [5, 5.41) is 12.3. The van der Waals surface area contributed by atoms with E-state index in [2.05, 4.69) is 28.1 Å². The van der Waals surface area contributed by atoms with Crippen LogP contribution in [0.1, 0.15) is 37.8 Å². The third-order valence-corrected chi connectivity index (χ3v) is 5.77. The summed E-state index contributed by atoms with van der Waals surface area (Å²) in [5.41, 5.74) is 1.75. The van der Waals surface area contributed by atoms with E-state index in [1.165, 1.54) is 0 Å². The SMILES string of the molecule is CCNC(=NCc1ccc(C#N)cc1)N1CCN(C(C)C(=O)N2CCCC2)CC1. The van der Waals surface area contributed by atoms with Crippen LogP contribution in [-0.2, 0) is 11.3 Å². The number of nitrogens with zero attached hydrogens (tertiary/aromatic N) is 5. The second-order valence-electron chi connectivity index (χ2n) is 7.71. The van der Waals surface area contributed by atoms with E-state index in [1.54, 1.807) is 0 Å². The van der Waals surface area contributed by atoms with Crippen LogP contribution in [0.2, 0.25) is 0 Å². The maximum Gasteiger partial charge on any atom is 0.239 e. The normalized spacial score (nSPS) is 19.1. The summed E-state index contributed by atoms with van der Waals surface area (Å²) < 4.78 is 0. The molecule has 1 amide bonds. The van der Waals surface area contributed by atoms with Crippen molar-refractivity contribution in [2.75, 3.05) is 45.8 Å². The quantitative estimate of drug-likeness (QED) is 0.605. The Morgan fingerprint density at radius 2 is 1.76 bits per heavy atom. The molecule has 1 unspecified atom stereocenters. The molecule has 2 saturated heterocycles.